The third-order valence-electron chi connectivity index (χ3n) is 7.17. The Morgan fingerprint density at radius 3 is 2.52 bits per heavy atom. The maximum Gasteiger partial charge on any atom is 0.278 e. The van der Waals surface area contributed by atoms with E-state index in [2.05, 4.69) is 25.3 Å². The number of carbonyl (C=O) groups is 1. The van der Waals surface area contributed by atoms with Gasteiger partial charge in [-0.2, -0.15) is 5.10 Å². The Kier molecular flexibility index (Phi) is 7.96. The lowest BCUT2D eigenvalue weighted by atomic mass is 10.1. The predicted molar refractivity (Wildman–Crippen MR) is 153 cm³/mol. The van der Waals surface area contributed by atoms with Crippen LogP contribution in [0.25, 0.3) is 10.3 Å². The summed E-state index contributed by atoms with van der Waals surface area (Å²) in [6, 6.07) is 10.0. The van der Waals surface area contributed by atoms with E-state index in [0.717, 1.165) is 19.6 Å². The number of benzene rings is 1. The molecule has 1 aromatic carbocycles. The van der Waals surface area contributed by atoms with Crippen LogP contribution in [0.15, 0.2) is 46.4 Å². The van der Waals surface area contributed by atoms with Crippen LogP contribution in [0.5, 0.6) is 5.88 Å². The number of hydrazone groups is 1. The molecule has 0 atom stereocenters. The summed E-state index contributed by atoms with van der Waals surface area (Å²) in [4.78, 5) is 25.9. The number of nitrogens with zero attached hydrogens (tertiary/aromatic N) is 5. The van der Waals surface area contributed by atoms with Gasteiger partial charge in [0.2, 0.25) is 5.88 Å². The van der Waals surface area contributed by atoms with E-state index >= 15 is 0 Å². The summed E-state index contributed by atoms with van der Waals surface area (Å²) < 4.78 is 36.6. The van der Waals surface area contributed by atoms with Crippen LogP contribution in [0.1, 0.15) is 31.2 Å². The number of anilines is 1. The molecular formula is C27H32N6O5S2. The third-order valence-corrected chi connectivity index (χ3v) is 10.3. The van der Waals surface area contributed by atoms with E-state index < -0.39 is 15.7 Å². The first-order valence-electron chi connectivity index (χ1n) is 13.7. The number of rotatable bonds is 10. The van der Waals surface area contributed by atoms with Gasteiger partial charge in [0.25, 0.3) is 5.91 Å². The molecule has 1 amide bonds. The van der Waals surface area contributed by atoms with E-state index in [4.69, 9.17) is 9.47 Å². The van der Waals surface area contributed by atoms with Crippen molar-refractivity contribution >= 4 is 48.3 Å². The highest BCUT2D eigenvalue weighted by Crippen LogP contribution is 2.33. The van der Waals surface area contributed by atoms with E-state index in [1.165, 1.54) is 24.2 Å². The SMILES string of the molecule is O=C(Nc1nc2ccc(OCCN3CCCC3)nc2s1)/C(=N/N1CCOCC1)c1ccc(S(=O)(=O)C2CC2)cc1. The molecule has 1 saturated carbocycles. The van der Waals surface area contributed by atoms with E-state index in [1.54, 1.807) is 35.3 Å². The standard InChI is InChI=1S/C27H32N6O5S2/c34-25(30-27-28-22-9-10-23(29-26(22)39-27)38-18-13-32-11-1-2-12-32)24(31-33-14-16-37-17-15-33)19-3-5-20(6-4-19)40(35,36)21-7-8-21/h3-6,9-10,21H,1-2,7-8,11-18H2,(H,28,30,34)/b31-24+. The van der Waals surface area contributed by atoms with Crippen LogP contribution in [-0.2, 0) is 19.4 Å². The van der Waals surface area contributed by atoms with Gasteiger partial charge >= 0.3 is 0 Å². The number of hydrogen-bond acceptors (Lipinski definition) is 11. The van der Waals surface area contributed by atoms with Crippen LogP contribution < -0.4 is 10.1 Å². The zero-order chi connectivity index (χ0) is 27.5. The molecule has 2 aromatic heterocycles. The van der Waals surface area contributed by atoms with E-state index in [-0.39, 0.29) is 15.9 Å². The molecule has 40 heavy (non-hydrogen) atoms. The van der Waals surface area contributed by atoms with Crippen molar-refractivity contribution < 1.29 is 22.7 Å². The number of likely N-dealkylation sites (tertiary alicyclic amines) is 1. The molecule has 1 N–H and O–H groups in total. The Morgan fingerprint density at radius 1 is 1.05 bits per heavy atom. The van der Waals surface area contributed by atoms with Crippen molar-refractivity contribution in [2.75, 3.05) is 57.9 Å². The van der Waals surface area contributed by atoms with Crippen molar-refractivity contribution in [3.05, 3.63) is 42.0 Å². The molecule has 6 rings (SSSR count). The summed E-state index contributed by atoms with van der Waals surface area (Å²) in [6.45, 7) is 5.83. The van der Waals surface area contributed by atoms with E-state index in [0.29, 0.717) is 72.7 Å². The Balaban J connectivity index is 1.18. The maximum absolute atomic E-state index is 13.5. The number of amides is 1. The first kappa shape index (κ1) is 27.1. The second kappa shape index (κ2) is 11.8. The van der Waals surface area contributed by atoms with Gasteiger partial charge in [-0.3, -0.25) is 20.0 Å². The second-order valence-corrected chi connectivity index (χ2v) is 13.3. The van der Waals surface area contributed by atoms with Crippen molar-refractivity contribution in [3.63, 3.8) is 0 Å². The van der Waals surface area contributed by atoms with Crippen LogP contribution >= 0.6 is 11.3 Å². The summed E-state index contributed by atoms with van der Waals surface area (Å²) in [5.41, 5.74) is 1.36. The van der Waals surface area contributed by atoms with Gasteiger partial charge < -0.3 is 9.47 Å². The molecule has 0 unspecified atom stereocenters. The number of sulfone groups is 1. The summed E-state index contributed by atoms with van der Waals surface area (Å²) in [7, 11) is -3.33. The molecule has 1 aliphatic carbocycles. The van der Waals surface area contributed by atoms with Gasteiger partial charge in [0.05, 0.1) is 36.4 Å². The zero-order valence-electron chi connectivity index (χ0n) is 22.1. The molecule has 3 aliphatic rings. The number of hydrogen-bond donors (Lipinski definition) is 1. The highest BCUT2D eigenvalue weighted by Gasteiger charge is 2.36. The number of thiazole rings is 1. The maximum atomic E-state index is 13.5. The van der Waals surface area contributed by atoms with Crippen molar-refractivity contribution in [1.82, 2.24) is 19.9 Å². The number of carbonyl (C=O) groups excluding carboxylic acids is 1. The summed E-state index contributed by atoms with van der Waals surface area (Å²) >= 11 is 1.26. The minimum atomic E-state index is -3.33. The highest BCUT2D eigenvalue weighted by molar-refractivity contribution is 7.92. The first-order valence-corrected chi connectivity index (χ1v) is 16.0. The molecule has 13 heteroatoms. The van der Waals surface area contributed by atoms with Crippen LogP contribution in [-0.4, -0.2) is 97.7 Å². The summed E-state index contributed by atoms with van der Waals surface area (Å²) in [6.07, 6.45) is 3.87. The molecule has 2 saturated heterocycles. The Labute approximate surface area is 237 Å². The average molecular weight is 585 g/mol. The van der Waals surface area contributed by atoms with Crippen LogP contribution in [0.4, 0.5) is 5.13 Å². The normalized spacial score (nSPS) is 18.8. The number of pyridine rings is 1. The van der Waals surface area contributed by atoms with Crippen LogP contribution in [0.3, 0.4) is 0 Å². The monoisotopic (exact) mass is 584 g/mol. The molecule has 0 radical (unpaired) electrons. The molecule has 3 fully saturated rings. The number of nitrogens with one attached hydrogen (secondary N) is 1. The fraction of sp³-hybridized carbons (Fsp3) is 0.481. The molecule has 0 spiro atoms. The van der Waals surface area contributed by atoms with Gasteiger partial charge in [0, 0.05) is 18.2 Å². The summed E-state index contributed by atoms with van der Waals surface area (Å²) in [5.74, 6) is 0.0921. The van der Waals surface area contributed by atoms with Crippen molar-refractivity contribution in [1.29, 1.82) is 0 Å². The Hall–Kier alpha value is -3.13. The largest absolute Gasteiger partial charge is 0.476 e. The summed E-state index contributed by atoms with van der Waals surface area (Å²) in [5, 5.41) is 9.37. The van der Waals surface area contributed by atoms with Crippen molar-refractivity contribution in [2.24, 2.45) is 5.10 Å². The second-order valence-electron chi connectivity index (χ2n) is 10.1. The van der Waals surface area contributed by atoms with Crippen molar-refractivity contribution in [3.8, 4) is 5.88 Å². The van der Waals surface area contributed by atoms with Gasteiger partial charge in [-0.25, -0.2) is 18.4 Å². The minimum absolute atomic E-state index is 0.176. The lowest BCUT2D eigenvalue weighted by Gasteiger charge is -2.24. The minimum Gasteiger partial charge on any atom is -0.476 e. The fourth-order valence-corrected chi connectivity index (χ4v) is 7.26. The number of aromatic nitrogens is 2. The number of ether oxygens (including phenoxy) is 2. The first-order chi connectivity index (χ1) is 19.5. The number of morpholine rings is 1. The Morgan fingerprint density at radius 2 is 1.80 bits per heavy atom. The van der Waals surface area contributed by atoms with Crippen molar-refractivity contribution in [2.45, 2.75) is 35.8 Å². The molecule has 3 aromatic rings. The fourth-order valence-electron chi connectivity index (χ4n) is 4.78. The van der Waals surface area contributed by atoms with Crippen LogP contribution in [0.2, 0.25) is 0 Å². The molecule has 2 aliphatic heterocycles. The Bertz CT molecular complexity index is 1490. The lowest BCUT2D eigenvalue weighted by molar-refractivity contribution is -0.110. The highest BCUT2D eigenvalue weighted by atomic mass is 32.2. The number of fused-ring (bicyclic) bond motifs is 1. The third kappa shape index (κ3) is 6.27. The van der Waals surface area contributed by atoms with Gasteiger partial charge in [-0.05, 0) is 57.0 Å². The molecule has 11 nitrogen and oxygen atoms in total. The van der Waals surface area contributed by atoms with Gasteiger partial charge in [0.1, 0.15) is 17.0 Å². The molecular weight excluding hydrogens is 552 g/mol. The molecule has 0 bridgehead atoms. The topological polar surface area (TPSA) is 126 Å². The zero-order valence-corrected chi connectivity index (χ0v) is 23.8. The van der Waals surface area contributed by atoms with Gasteiger partial charge in [0.15, 0.2) is 20.7 Å². The van der Waals surface area contributed by atoms with Crippen LogP contribution in [0, 0.1) is 0 Å². The van der Waals surface area contributed by atoms with E-state index in [9.17, 15) is 13.2 Å². The smallest absolute Gasteiger partial charge is 0.278 e. The van der Waals surface area contributed by atoms with Gasteiger partial charge in [-0.1, -0.05) is 23.5 Å². The average Bonchev–Trinajstić information content (AvgIpc) is 3.57. The lowest BCUT2D eigenvalue weighted by Crippen LogP contribution is -2.35. The van der Waals surface area contributed by atoms with Gasteiger partial charge in [-0.15, -0.1) is 0 Å². The van der Waals surface area contributed by atoms with E-state index in [1.807, 2.05) is 6.07 Å². The quantitative estimate of drug-likeness (QED) is 0.358. The molecule has 4 heterocycles. The molecule has 212 valence electrons. The predicted octanol–water partition coefficient (Wildman–Crippen LogP) is 2.78.